The molecule has 0 aromatic carbocycles. The topological polar surface area (TPSA) is 72.0 Å². The van der Waals surface area contributed by atoms with Gasteiger partial charge < -0.3 is 19.3 Å². The summed E-state index contributed by atoms with van der Waals surface area (Å²) >= 11 is 0. The Bertz CT molecular complexity index is 547. The standard InChI is InChI=1S/C16H23N3O4/c1-18(12-7-8-14(23-3)17-10-12)15(20)11-19-9-5-4-6-13(22-2)16(19)21/h7-8,10,13H,4-6,9,11H2,1-3H3. The molecule has 2 rings (SSSR count). The van der Waals surface area contributed by atoms with Gasteiger partial charge in [0.25, 0.3) is 5.91 Å². The van der Waals surface area contributed by atoms with Crippen LogP contribution >= 0.6 is 0 Å². The number of rotatable bonds is 5. The van der Waals surface area contributed by atoms with Gasteiger partial charge in [0, 0.05) is 26.8 Å². The highest BCUT2D eigenvalue weighted by atomic mass is 16.5. The van der Waals surface area contributed by atoms with Crippen molar-refractivity contribution in [2.45, 2.75) is 25.4 Å². The van der Waals surface area contributed by atoms with Crippen LogP contribution in [0.4, 0.5) is 5.69 Å². The molecule has 2 amide bonds. The summed E-state index contributed by atoms with van der Waals surface area (Å²) in [5, 5.41) is 0. The molecule has 1 aliphatic rings. The van der Waals surface area contributed by atoms with E-state index in [1.54, 1.807) is 30.3 Å². The van der Waals surface area contributed by atoms with Crippen molar-refractivity contribution in [3.05, 3.63) is 18.3 Å². The molecule has 0 spiro atoms. The van der Waals surface area contributed by atoms with Gasteiger partial charge in [0.15, 0.2) is 0 Å². The van der Waals surface area contributed by atoms with Crippen LogP contribution in [0.5, 0.6) is 5.88 Å². The van der Waals surface area contributed by atoms with Gasteiger partial charge in [0.2, 0.25) is 11.8 Å². The monoisotopic (exact) mass is 321 g/mol. The molecule has 2 heterocycles. The average Bonchev–Trinajstić information content (AvgIpc) is 2.76. The molecule has 7 heteroatoms. The summed E-state index contributed by atoms with van der Waals surface area (Å²) in [7, 11) is 4.74. The van der Waals surface area contributed by atoms with E-state index < -0.39 is 6.10 Å². The Balaban J connectivity index is 2.02. The van der Waals surface area contributed by atoms with Crippen molar-refractivity contribution in [1.82, 2.24) is 9.88 Å². The van der Waals surface area contributed by atoms with E-state index in [4.69, 9.17) is 9.47 Å². The predicted octanol–water partition coefficient (Wildman–Crippen LogP) is 1.08. The van der Waals surface area contributed by atoms with Crippen LogP contribution in [0.15, 0.2) is 18.3 Å². The first kappa shape index (κ1) is 17.2. The number of pyridine rings is 1. The van der Waals surface area contributed by atoms with Crippen molar-refractivity contribution >= 4 is 17.5 Å². The van der Waals surface area contributed by atoms with Gasteiger partial charge in [-0.15, -0.1) is 0 Å². The zero-order valence-electron chi connectivity index (χ0n) is 13.8. The molecule has 0 N–H and O–H groups in total. The highest BCUT2D eigenvalue weighted by Crippen LogP contribution is 2.17. The normalized spacial score (nSPS) is 18.5. The number of ether oxygens (including phenoxy) is 2. The molecule has 1 unspecified atom stereocenters. The van der Waals surface area contributed by atoms with Crippen LogP contribution in [0, 0.1) is 0 Å². The Morgan fingerprint density at radius 3 is 2.78 bits per heavy atom. The second kappa shape index (κ2) is 7.92. The van der Waals surface area contributed by atoms with Gasteiger partial charge in [-0.1, -0.05) is 0 Å². The maximum atomic E-state index is 12.5. The number of carbonyl (C=O) groups is 2. The number of anilines is 1. The van der Waals surface area contributed by atoms with Gasteiger partial charge in [-0.05, 0) is 25.3 Å². The Morgan fingerprint density at radius 1 is 1.39 bits per heavy atom. The molecule has 1 aliphatic heterocycles. The maximum Gasteiger partial charge on any atom is 0.252 e. The van der Waals surface area contributed by atoms with Crippen LogP contribution in [0.25, 0.3) is 0 Å². The van der Waals surface area contributed by atoms with Crippen molar-refractivity contribution in [3.8, 4) is 5.88 Å². The highest BCUT2D eigenvalue weighted by molar-refractivity contribution is 5.96. The summed E-state index contributed by atoms with van der Waals surface area (Å²) in [6.07, 6.45) is 3.63. The molecule has 1 atom stereocenters. The number of aromatic nitrogens is 1. The summed E-state index contributed by atoms with van der Waals surface area (Å²) < 4.78 is 10.2. The maximum absolute atomic E-state index is 12.5. The summed E-state index contributed by atoms with van der Waals surface area (Å²) in [6, 6.07) is 3.45. The van der Waals surface area contributed by atoms with Crippen molar-refractivity contribution in [3.63, 3.8) is 0 Å². The largest absolute Gasteiger partial charge is 0.481 e. The van der Waals surface area contributed by atoms with E-state index in [9.17, 15) is 9.59 Å². The minimum atomic E-state index is -0.446. The van der Waals surface area contributed by atoms with Crippen LogP contribution < -0.4 is 9.64 Å². The lowest BCUT2D eigenvalue weighted by molar-refractivity contribution is -0.143. The molecular weight excluding hydrogens is 298 g/mol. The van der Waals surface area contributed by atoms with Gasteiger partial charge in [-0.3, -0.25) is 9.59 Å². The second-order valence-electron chi connectivity index (χ2n) is 5.49. The number of likely N-dealkylation sites (tertiary alicyclic amines) is 1. The molecule has 7 nitrogen and oxygen atoms in total. The quantitative estimate of drug-likeness (QED) is 0.811. The van der Waals surface area contributed by atoms with Gasteiger partial charge in [-0.2, -0.15) is 0 Å². The van der Waals surface area contributed by atoms with E-state index in [0.29, 0.717) is 24.5 Å². The lowest BCUT2D eigenvalue weighted by Gasteiger charge is -2.26. The zero-order valence-corrected chi connectivity index (χ0v) is 13.8. The van der Waals surface area contributed by atoms with Gasteiger partial charge in [-0.25, -0.2) is 4.98 Å². The third-order valence-electron chi connectivity index (χ3n) is 4.03. The second-order valence-corrected chi connectivity index (χ2v) is 5.49. The molecule has 1 saturated heterocycles. The van der Waals surface area contributed by atoms with Crippen LogP contribution in [-0.2, 0) is 14.3 Å². The number of amides is 2. The lowest BCUT2D eigenvalue weighted by Crippen LogP contribution is -2.45. The Hall–Kier alpha value is -2.15. The molecule has 0 saturated carbocycles. The Labute approximate surface area is 136 Å². The molecule has 23 heavy (non-hydrogen) atoms. The molecule has 1 aromatic rings. The van der Waals surface area contributed by atoms with Crippen LogP contribution in [0.1, 0.15) is 19.3 Å². The highest BCUT2D eigenvalue weighted by Gasteiger charge is 2.28. The van der Waals surface area contributed by atoms with Crippen LogP contribution in [-0.4, -0.2) is 62.2 Å². The van der Waals surface area contributed by atoms with E-state index in [1.165, 1.54) is 19.1 Å². The summed E-state index contributed by atoms with van der Waals surface area (Å²) in [5.41, 5.74) is 0.654. The fraction of sp³-hybridized carbons (Fsp3) is 0.562. The average molecular weight is 321 g/mol. The summed E-state index contributed by atoms with van der Waals surface area (Å²) in [6.45, 7) is 0.625. The van der Waals surface area contributed by atoms with Gasteiger partial charge in [0.05, 0.1) is 19.0 Å². The van der Waals surface area contributed by atoms with E-state index in [2.05, 4.69) is 4.98 Å². The first-order chi connectivity index (χ1) is 11.1. The van der Waals surface area contributed by atoms with Crippen LogP contribution in [0.2, 0.25) is 0 Å². The molecular formula is C16H23N3O4. The smallest absolute Gasteiger partial charge is 0.252 e. The third-order valence-corrected chi connectivity index (χ3v) is 4.03. The number of hydrogen-bond donors (Lipinski definition) is 0. The molecule has 0 aliphatic carbocycles. The third kappa shape index (κ3) is 4.19. The molecule has 1 fully saturated rings. The van der Waals surface area contributed by atoms with E-state index in [0.717, 1.165) is 12.8 Å². The van der Waals surface area contributed by atoms with Crippen molar-refractivity contribution in [2.75, 3.05) is 39.3 Å². The predicted molar refractivity (Wildman–Crippen MR) is 85.4 cm³/mol. The number of likely N-dealkylation sites (N-methyl/N-ethyl adjacent to an activating group) is 1. The molecule has 0 bridgehead atoms. The first-order valence-electron chi connectivity index (χ1n) is 7.65. The number of hydrogen-bond acceptors (Lipinski definition) is 5. The number of methoxy groups -OCH3 is 2. The molecule has 0 radical (unpaired) electrons. The summed E-state index contributed by atoms with van der Waals surface area (Å²) in [5.74, 6) is 0.210. The lowest BCUT2D eigenvalue weighted by atomic mass is 10.2. The summed E-state index contributed by atoms with van der Waals surface area (Å²) in [4.78, 5) is 32.0. The Kier molecular flexibility index (Phi) is 5.92. The fourth-order valence-corrected chi connectivity index (χ4v) is 2.55. The van der Waals surface area contributed by atoms with Crippen molar-refractivity contribution in [2.24, 2.45) is 0 Å². The zero-order chi connectivity index (χ0) is 16.8. The minimum Gasteiger partial charge on any atom is -0.481 e. The van der Waals surface area contributed by atoms with Crippen molar-refractivity contribution in [1.29, 1.82) is 0 Å². The van der Waals surface area contributed by atoms with Gasteiger partial charge >= 0.3 is 0 Å². The minimum absolute atomic E-state index is 0.0429. The van der Waals surface area contributed by atoms with Gasteiger partial charge in [0.1, 0.15) is 12.6 Å². The number of nitrogens with zero attached hydrogens (tertiary/aromatic N) is 3. The van der Waals surface area contributed by atoms with E-state index >= 15 is 0 Å². The Morgan fingerprint density at radius 2 is 2.17 bits per heavy atom. The number of carbonyl (C=O) groups excluding carboxylic acids is 2. The first-order valence-corrected chi connectivity index (χ1v) is 7.65. The SMILES string of the molecule is COc1ccc(N(C)C(=O)CN2CCCCC(OC)C2=O)cn1. The molecule has 126 valence electrons. The fourth-order valence-electron chi connectivity index (χ4n) is 2.55. The van der Waals surface area contributed by atoms with Crippen molar-refractivity contribution < 1.29 is 19.1 Å². The van der Waals surface area contributed by atoms with E-state index in [1.807, 2.05) is 0 Å². The van der Waals surface area contributed by atoms with E-state index in [-0.39, 0.29) is 18.4 Å². The molecule has 1 aromatic heterocycles. The van der Waals surface area contributed by atoms with Crippen LogP contribution in [0.3, 0.4) is 0 Å².